The lowest BCUT2D eigenvalue weighted by Gasteiger charge is -2.15. The number of carbonyl (C=O) groups excluding carboxylic acids is 1. The Morgan fingerprint density at radius 2 is 1.59 bits per heavy atom. The molecule has 158 valence electrons. The van der Waals surface area contributed by atoms with Crippen LogP contribution in [-0.2, 0) is 24.8 Å². The van der Waals surface area contributed by atoms with Gasteiger partial charge in [-0.15, -0.1) is 0 Å². The van der Waals surface area contributed by atoms with Crippen LogP contribution in [0.2, 0.25) is 0 Å². The number of ether oxygens (including phenoxy) is 1. The highest BCUT2D eigenvalue weighted by Crippen LogP contribution is 2.25. The Labute approximate surface area is 170 Å². The Morgan fingerprint density at radius 1 is 1.00 bits per heavy atom. The van der Waals surface area contributed by atoms with Crippen LogP contribution in [0.25, 0.3) is 0 Å². The Hall–Kier alpha value is -2.63. The van der Waals surface area contributed by atoms with Crippen LogP contribution in [0, 0.1) is 6.92 Å². The molecule has 0 saturated carbocycles. The molecule has 2 aromatic rings. The van der Waals surface area contributed by atoms with Crippen molar-refractivity contribution in [3.8, 4) is 0 Å². The molecular weight excluding hydrogens is 418 g/mol. The molecule has 0 unspecified atom stereocenters. The SMILES string of the molecule is CCOC(=O)Nc1ccc(S(=O)(=O)Nc2cc(S(=O)(=O)N(C)C)ccc2C)cc1. The van der Waals surface area contributed by atoms with E-state index in [1.807, 2.05) is 0 Å². The van der Waals surface area contributed by atoms with E-state index in [4.69, 9.17) is 4.74 Å². The van der Waals surface area contributed by atoms with Crippen molar-refractivity contribution in [2.24, 2.45) is 0 Å². The van der Waals surface area contributed by atoms with E-state index in [-0.39, 0.29) is 22.1 Å². The Balaban J connectivity index is 2.28. The third-order valence-corrected chi connectivity index (χ3v) is 7.11. The van der Waals surface area contributed by atoms with E-state index in [9.17, 15) is 21.6 Å². The summed E-state index contributed by atoms with van der Waals surface area (Å²) in [6.45, 7) is 3.54. The highest BCUT2D eigenvalue weighted by atomic mass is 32.2. The Kier molecular flexibility index (Phi) is 6.88. The maximum atomic E-state index is 12.7. The van der Waals surface area contributed by atoms with Crippen molar-refractivity contribution in [3.63, 3.8) is 0 Å². The van der Waals surface area contributed by atoms with Crippen molar-refractivity contribution in [3.05, 3.63) is 48.0 Å². The second-order valence-electron chi connectivity index (χ2n) is 6.24. The average molecular weight is 442 g/mol. The minimum atomic E-state index is -3.98. The number of rotatable bonds is 7. The van der Waals surface area contributed by atoms with Gasteiger partial charge in [0.25, 0.3) is 10.0 Å². The van der Waals surface area contributed by atoms with E-state index in [0.717, 1.165) is 4.31 Å². The van der Waals surface area contributed by atoms with Crippen LogP contribution in [-0.4, -0.2) is 47.9 Å². The molecule has 0 spiro atoms. The van der Waals surface area contributed by atoms with Gasteiger partial charge in [-0.1, -0.05) is 6.07 Å². The lowest BCUT2D eigenvalue weighted by molar-refractivity contribution is 0.168. The largest absolute Gasteiger partial charge is 0.450 e. The third kappa shape index (κ3) is 5.46. The third-order valence-electron chi connectivity index (χ3n) is 3.92. The number of hydrogen-bond acceptors (Lipinski definition) is 6. The van der Waals surface area contributed by atoms with Gasteiger partial charge in [0, 0.05) is 19.8 Å². The molecule has 0 heterocycles. The molecule has 2 rings (SSSR count). The first-order chi connectivity index (χ1) is 13.5. The summed E-state index contributed by atoms with van der Waals surface area (Å²) in [4.78, 5) is 11.3. The Bertz CT molecular complexity index is 1090. The highest BCUT2D eigenvalue weighted by Gasteiger charge is 2.21. The second kappa shape index (κ2) is 8.80. The number of sulfonamides is 2. The minimum Gasteiger partial charge on any atom is -0.450 e. The molecule has 0 atom stereocenters. The first-order valence-electron chi connectivity index (χ1n) is 8.57. The Morgan fingerprint density at radius 3 is 2.14 bits per heavy atom. The zero-order chi connectivity index (χ0) is 21.8. The standard InChI is InChI=1S/C18H23N3O6S2/c1-5-27-18(22)19-14-7-10-15(11-8-14)28(23,24)20-17-12-16(9-6-13(17)2)29(25,26)21(3)4/h6-12,20H,5H2,1-4H3,(H,19,22). The van der Waals surface area contributed by atoms with Gasteiger partial charge < -0.3 is 4.74 Å². The number of aryl methyl sites for hydroxylation is 1. The lowest BCUT2D eigenvalue weighted by atomic mass is 10.2. The lowest BCUT2D eigenvalue weighted by Crippen LogP contribution is -2.22. The number of benzene rings is 2. The fraction of sp³-hybridized carbons (Fsp3) is 0.278. The molecule has 9 nitrogen and oxygen atoms in total. The minimum absolute atomic E-state index is 0.0280. The van der Waals surface area contributed by atoms with Gasteiger partial charge in [-0.2, -0.15) is 0 Å². The molecule has 0 aromatic heterocycles. The second-order valence-corrected chi connectivity index (χ2v) is 10.1. The molecule has 0 fully saturated rings. The van der Waals surface area contributed by atoms with E-state index in [1.54, 1.807) is 13.8 Å². The van der Waals surface area contributed by atoms with Gasteiger partial charge in [0.15, 0.2) is 0 Å². The van der Waals surface area contributed by atoms with Gasteiger partial charge in [0.05, 0.1) is 22.1 Å². The average Bonchev–Trinajstić information content (AvgIpc) is 2.63. The van der Waals surface area contributed by atoms with Gasteiger partial charge in [-0.05, 0) is 55.8 Å². The summed E-state index contributed by atoms with van der Waals surface area (Å²) >= 11 is 0. The van der Waals surface area contributed by atoms with Crippen LogP contribution in [0.5, 0.6) is 0 Å². The monoisotopic (exact) mass is 441 g/mol. The molecule has 0 saturated heterocycles. The number of nitrogens with zero attached hydrogens (tertiary/aromatic N) is 1. The first kappa shape index (κ1) is 22.7. The van der Waals surface area contributed by atoms with Gasteiger partial charge in [0.2, 0.25) is 10.0 Å². The smallest absolute Gasteiger partial charge is 0.411 e. The summed E-state index contributed by atoms with van der Waals surface area (Å²) in [5, 5.41) is 2.47. The van der Waals surface area contributed by atoms with Gasteiger partial charge in [-0.3, -0.25) is 10.0 Å². The number of nitrogens with one attached hydrogen (secondary N) is 2. The van der Waals surface area contributed by atoms with Crippen molar-refractivity contribution >= 4 is 37.5 Å². The predicted octanol–water partition coefficient (Wildman–Crippen LogP) is 2.61. The van der Waals surface area contributed by atoms with E-state index in [2.05, 4.69) is 10.0 Å². The molecule has 29 heavy (non-hydrogen) atoms. The topological polar surface area (TPSA) is 122 Å². The summed E-state index contributed by atoms with van der Waals surface area (Å²) in [6.07, 6.45) is -0.643. The quantitative estimate of drug-likeness (QED) is 0.681. The van der Waals surface area contributed by atoms with Crippen molar-refractivity contribution in [2.45, 2.75) is 23.6 Å². The van der Waals surface area contributed by atoms with Crippen LogP contribution in [0.15, 0.2) is 52.3 Å². The van der Waals surface area contributed by atoms with Crippen molar-refractivity contribution in [1.82, 2.24) is 4.31 Å². The van der Waals surface area contributed by atoms with E-state index in [1.165, 1.54) is 56.6 Å². The molecule has 0 aliphatic carbocycles. The number of amides is 1. The van der Waals surface area contributed by atoms with E-state index < -0.39 is 26.1 Å². The molecule has 0 aliphatic heterocycles. The fourth-order valence-corrected chi connectivity index (χ4v) is 4.34. The van der Waals surface area contributed by atoms with Gasteiger partial charge in [0.1, 0.15) is 0 Å². The normalized spacial score (nSPS) is 11.9. The van der Waals surface area contributed by atoms with Crippen LogP contribution >= 0.6 is 0 Å². The van der Waals surface area contributed by atoms with E-state index in [0.29, 0.717) is 11.3 Å². The maximum absolute atomic E-state index is 12.7. The number of hydrogen-bond donors (Lipinski definition) is 2. The van der Waals surface area contributed by atoms with Gasteiger partial charge >= 0.3 is 6.09 Å². The molecule has 11 heteroatoms. The highest BCUT2D eigenvalue weighted by molar-refractivity contribution is 7.92. The fourth-order valence-electron chi connectivity index (χ4n) is 2.29. The summed E-state index contributed by atoms with van der Waals surface area (Å²) in [5.41, 5.74) is 1.09. The molecule has 2 aromatic carbocycles. The van der Waals surface area contributed by atoms with Crippen LogP contribution < -0.4 is 10.0 Å². The van der Waals surface area contributed by atoms with Crippen LogP contribution in [0.3, 0.4) is 0 Å². The first-order valence-corrected chi connectivity index (χ1v) is 11.5. The summed E-state index contributed by atoms with van der Waals surface area (Å²) in [5.74, 6) is 0. The summed E-state index contributed by atoms with van der Waals surface area (Å²) < 4.78 is 58.2. The molecule has 1 amide bonds. The van der Waals surface area contributed by atoms with Gasteiger partial charge in [-0.25, -0.2) is 25.9 Å². The molecule has 0 aliphatic rings. The summed E-state index contributed by atoms with van der Waals surface area (Å²) in [6, 6.07) is 9.70. The molecular formula is C18H23N3O6S2. The zero-order valence-electron chi connectivity index (χ0n) is 16.5. The van der Waals surface area contributed by atoms with Crippen LogP contribution in [0.1, 0.15) is 12.5 Å². The number of carbonyl (C=O) groups is 1. The molecule has 0 bridgehead atoms. The zero-order valence-corrected chi connectivity index (χ0v) is 18.1. The van der Waals surface area contributed by atoms with E-state index >= 15 is 0 Å². The van der Waals surface area contributed by atoms with Crippen molar-refractivity contribution < 1.29 is 26.4 Å². The molecule has 2 N–H and O–H groups in total. The van der Waals surface area contributed by atoms with Crippen molar-refractivity contribution in [2.75, 3.05) is 30.7 Å². The van der Waals surface area contributed by atoms with Crippen molar-refractivity contribution in [1.29, 1.82) is 0 Å². The van der Waals surface area contributed by atoms with Crippen LogP contribution in [0.4, 0.5) is 16.2 Å². The summed E-state index contributed by atoms with van der Waals surface area (Å²) in [7, 11) is -4.90. The predicted molar refractivity (Wildman–Crippen MR) is 110 cm³/mol. The maximum Gasteiger partial charge on any atom is 0.411 e. The number of anilines is 2. The molecule has 0 radical (unpaired) electrons.